The highest BCUT2D eigenvalue weighted by molar-refractivity contribution is 9.10. The number of hydrogen-bond donors (Lipinski definition) is 2. The van der Waals surface area contributed by atoms with E-state index in [9.17, 15) is 8.42 Å². The monoisotopic (exact) mass is 341 g/mol. The predicted octanol–water partition coefficient (Wildman–Crippen LogP) is 2.54. The van der Waals surface area contributed by atoms with Crippen molar-refractivity contribution in [2.75, 3.05) is 10.5 Å². The van der Waals surface area contributed by atoms with Crippen LogP contribution < -0.4 is 10.5 Å². The molecule has 0 aliphatic heterocycles. The number of aromatic nitrogens is 1. The van der Waals surface area contributed by atoms with Gasteiger partial charge >= 0.3 is 0 Å². The first-order valence-corrected chi connectivity index (χ1v) is 7.67. The van der Waals surface area contributed by atoms with Crippen molar-refractivity contribution in [3.63, 3.8) is 0 Å². The lowest BCUT2D eigenvalue weighted by Crippen LogP contribution is -2.15. The normalized spacial score (nSPS) is 11.3. The number of hydrogen-bond acceptors (Lipinski definition) is 4. The first-order chi connectivity index (χ1) is 8.90. The Morgan fingerprint density at radius 2 is 2.00 bits per heavy atom. The third-order valence-electron chi connectivity index (χ3n) is 2.48. The van der Waals surface area contributed by atoms with Gasteiger partial charge in [0.05, 0.1) is 17.6 Å². The third kappa shape index (κ3) is 3.05. The molecule has 0 aliphatic carbocycles. The molecular formula is C12H12BrN3O2S. The number of nitrogen functional groups attached to an aromatic ring is 1. The number of nitrogens with two attached hydrogens (primary N) is 1. The summed E-state index contributed by atoms with van der Waals surface area (Å²) in [5.41, 5.74) is 7.10. The lowest BCUT2D eigenvalue weighted by Gasteiger charge is -2.10. The van der Waals surface area contributed by atoms with Crippen molar-refractivity contribution in [2.45, 2.75) is 11.8 Å². The number of rotatable bonds is 3. The summed E-state index contributed by atoms with van der Waals surface area (Å²) in [5, 5.41) is 0. The topological polar surface area (TPSA) is 85.1 Å². The number of nitrogens with zero attached hydrogens (tertiary/aromatic N) is 1. The second kappa shape index (κ2) is 5.18. The molecule has 2 aromatic rings. The second-order valence-electron chi connectivity index (χ2n) is 3.98. The number of benzene rings is 1. The van der Waals surface area contributed by atoms with Crippen LogP contribution in [0.4, 0.5) is 11.4 Å². The highest BCUT2D eigenvalue weighted by Crippen LogP contribution is 2.22. The van der Waals surface area contributed by atoms with Crippen molar-refractivity contribution in [1.82, 2.24) is 4.98 Å². The Balaban J connectivity index is 2.37. The summed E-state index contributed by atoms with van der Waals surface area (Å²) in [7, 11) is -3.70. The van der Waals surface area contributed by atoms with Crippen LogP contribution in [0.25, 0.3) is 0 Å². The molecule has 0 atom stereocenters. The number of halogens is 1. The van der Waals surface area contributed by atoms with E-state index < -0.39 is 10.0 Å². The van der Waals surface area contributed by atoms with E-state index in [1.165, 1.54) is 12.3 Å². The predicted molar refractivity (Wildman–Crippen MR) is 78.3 cm³/mol. The van der Waals surface area contributed by atoms with Gasteiger partial charge in [-0.1, -0.05) is 12.1 Å². The maximum Gasteiger partial charge on any atom is 0.263 e. The van der Waals surface area contributed by atoms with Crippen LogP contribution in [-0.4, -0.2) is 13.4 Å². The summed E-state index contributed by atoms with van der Waals surface area (Å²) in [6, 6.07) is 7.99. The molecule has 1 aromatic carbocycles. The van der Waals surface area contributed by atoms with Crippen LogP contribution in [0.2, 0.25) is 0 Å². The standard InChI is InChI=1S/C12H12BrN3O2S/c1-8-6-9(7-15-12(8)13)16-19(17,18)11-5-3-2-4-10(11)14/h2-7,16H,14H2,1H3. The van der Waals surface area contributed by atoms with Gasteiger partial charge in [0.15, 0.2) is 0 Å². The molecule has 19 heavy (non-hydrogen) atoms. The molecule has 0 aliphatic rings. The molecule has 0 radical (unpaired) electrons. The van der Waals surface area contributed by atoms with Gasteiger partial charge in [-0.05, 0) is 46.6 Å². The van der Waals surface area contributed by atoms with Crippen LogP contribution in [0.15, 0.2) is 46.0 Å². The fourth-order valence-electron chi connectivity index (χ4n) is 1.55. The highest BCUT2D eigenvalue weighted by Gasteiger charge is 2.17. The summed E-state index contributed by atoms with van der Waals surface area (Å²) < 4.78 is 27.5. The van der Waals surface area contributed by atoms with E-state index >= 15 is 0 Å². The number of nitrogens with one attached hydrogen (secondary N) is 1. The van der Waals surface area contributed by atoms with Gasteiger partial charge in [0.25, 0.3) is 10.0 Å². The molecule has 0 saturated carbocycles. The molecule has 1 heterocycles. The van der Waals surface area contributed by atoms with E-state index in [0.29, 0.717) is 10.3 Å². The Bertz CT molecular complexity index is 717. The van der Waals surface area contributed by atoms with Gasteiger partial charge in [0.2, 0.25) is 0 Å². The molecule has 3 N–H and O–H groups in total. The molecule has 7 heteroatoms. The van der Waals surface area contributed by atoms with E-state index in [4.69, 9.17) is 5.73 Å². The van der Waals surface area contributed by atoms with Crippen LogP contribution in [0.5, 0.6) is 0 Å². The Hall–Kier alpha value is -1.60. The van der Waals surface area contributed by atoms with E-state index in [1.807, 2.05) is 6.92 Å². The minimum absolute atomic E-state index is 0.0515. The van der Waals surface area contributed by atoms with Gasteiger partial charge in [-0.2, -0.15) is 0 Å². The molecule has 0 spiro atoms. The molecule has 0 amide bonds. The van der Waals surface area contributed by atoms with Crippen LogP contribution >= 0.6 is 15.9 Å². The van der Waals surface area contributed by atoms with Crippen LogP contribution in [0.1, 0.15) is 5.56 Å². The van der Waals surface area contributed by atoms with Crippen molar-refractivity contribution in [1.29, 1.82) is 0 Å². The Morgan fingerprint density at radius 3 is 2.63 bits per heavy atom. The molecule has 0 bridgehead atoms. The van der Waals surface area contributed by atoms with Crippen molar-refractivity contribution in [3.8, 4) is 0 Å². The third-order valence-corrected chi connectivity index (χ3v) is 4.76. The largest absolute Gasteiger partial charge is 0.398 e. The summed E-state index contributed by atoms with van der Waals surface area (Å²) in [6.07, 6.45) is 1.44. The Kier molecular flexibility index (Phi) is 3.77. The van der Waals surface area contributed by atoms with Gasteiger partial charge in [0, 0.05) is 0 Å². The first kappa shape index (κ1) is 13.8. The second-order valence-corrected chi connectivity index (χ2v) is 6.38. The summed E-state index contributed by atoms with van der Waals surface area (Å²) in [4.78, 5) is 4.09. The van der Waals surface area contributed by atoms with Crippen molar-refractivity contribution in [3.05, 3.63) is 46.7 Å². The quantitative estimate of drug-likeness (QED) is 0.663. The molecule has 0 fully saturated rings. The molecule has 0 saturated heterocycles. The number of aryl methyl sites for hydroxylation is 1. The number of para-hydroxylation sites is 1. The zero-order valence-electron chi connectivity index (χ0n) is 10.1. The summed E-state index contributed by atoms with van der Waals surface area (Å²) in [5.74, 6) is 0. The number of anilines is 2. The summed E-state index contributed by atoms with van der Waals surface area (Å²) in [6.45, 7) is 1.83. The van der Waals surface area contributed by atoms with Crippen LogP contribution in [0, 0.1) is 6.92 Å². The van der Waals surface area contributed by atoms with E-state index in [0.717, 1.165) is 5.56 Å². The minimum Gasteiger partial charge on any atom is -0.398 e. The molecule has 2 rings (SSSR count). The maximum absolute atomic E-state index is 12.2. The van der Waals surface area contributed by atoms with Gasteiger partial charge in [-0.3, -0.25) is 4.72 Å². The SMILES string of the molecule is Cc1cc(NS(=O)(=O)c2ccccc2N)cnc1Br. The Labute approximate surface area is 120 Å². The summed E-state index contributed by atoms with van der Waals surface area (Å²) >= 11 is 3.26. The van der Waals surface area contributed by atoms with E-state index in [2.05, 4.69) is 25.6 Å². The molecular weight excluding hydrogens is 330 g/mol. The zero-order valence-corrected chi connectivity index (χ0v) is 12.5. The average Bonchev–Trinajstić information content (AvgIpc) is 2.34. The molecule has 0 unspecified atom stereocenters. The van der Waals surface area contributed by atoms with Crippen LogP contribution in [-0.2, 0) is 10.0 Å². The lowest BCUT2D eigenvalue weighted by molar-refractivity contribution is 0.601. The zero-order chi connectivity index (χ0) is 14.0. The fraction of sp³-hybridized carbons (Fsp3) is 0.0833. The van der Waals surface area contributed by atoms with Crippen molar-refractivity contribution >= 4 is 37.3 Å². The Morgan fingerprint density at radius 1 is 1.32 bits per heavy atom. The number of pyridine rings is 1. The van der Waals surface area contributed by atoms with Crippen LogP contribution in [0.3, 0.4) is 0 Å². The number of sulfonamides is 1. The lowest BCUT2D eigenvalue weighted by atomic mass is 10.3. The van der Waals surface area contributed by atoms with Gasteiger partial charge in [0.1, 0.15) is 9.50 Å². The van der Waals surface area contributed by atoms with Gasteiger partial charge < -0.3 is 5.73 Å². The van der Waals surface area contributed by atoms with E-state index in [1.54, 1.807) is 24.3 Å². The van der Waals surface area contributed by atoms with E-state index in [-0.39, 0.29) is 10.6 Å². The van der Waals surface area contributed by atoms with Crippen molar-refractivity contribution < 1.29 is 8.42 Å². The fourth-order valence-corrected chi connectivity index (χ4v) is 2.93. The maximum atomic E-state index is 12.2. The van der Waals surface area contributed by atoms with Gasteiger partial charge in [-0.25, -0.2) is 13.4 Å². The van der Waals surface area contributed by atoms with Gasteiger partial charge in [-0.15, -0.1) is 0 Å². The first-order valence-electron chi connectivity index (χ1n) is 5.39. The molecule has 5 nitrogen and oxygen atoms in total. The smallest absolute Gasteiger partial charge is 0.263 e. The molecule has 1 aromatic heterocycles. The van der Waals surface area contributed by atoms with Crippen molar-refractivity contribution in [2.24, 2.45) is 0 Å². The average molecular weight is 342 g/mol. The minimum atomic E-state index is -3.70. The highest BCUT2D eigenvalue weighted by atomic mass is 79.9. The molecule has 100 valence electrons.